The molecule has 0 fully saturated rings. The van der Waals surface area contributed by atoms with Crippen molar-refractivity contribution in [3.05, 3.63) is 29.3 Å². The van der Waals surface area contributed by atoms with Gasteiger partial charge in [0.2, 0.25) is 6.29 Å². The molecule has 0 aliphatic heterocycles. The van der Waals surface area contributed by atoms with Crippen LogP contribution in [0, 0.1) is 0 Å². The van der Waals surface area contributed by atoms with Gasteiger partial charge in [-0.1, -0.05) is 17.7 Å². The lowest BCUT2D eigenvalue weighted by molar-refractivity contribution is -0.127. The summed E-state index contributed by atoms with van der Waals surface area (Å²) in [7, 11) is 0. The smallest absolute Gasteiger partial charge is 0.288 e. The Bertz CT molecular complexity index is 312. The Labute approximate surface area is 74.3 Å². The van der Waals surface area contributed by atoms with Gasteiger partial charge in [-0.25, -0.2) is 0 Å². The quantitative estimate of drug-likeness (QED) is 0.558. The standard InChI is InChI=1S/C8H6ClNO2/c9-6-2-1-3-7(4-6)10-8(12)5-11/h1-5H,(H,10,12). The predicted molar refractivity (Wildman–Crippen MR) is 46.1 cm³/mol. The van der Waals surface area contributed by atoms with Crippen LogP contribution in [0.5, 0.6) is 0 Å². The summed E-state index contributed by atoms with van der Waals surface area (Å²) in [5.74, 6) is -0.683. The summed E-state index contributed by atoms with van der Waals surface area (Å²) in [6.45, 7) is 0. The Balaban J connectivity index is 2.76. The van der Waals surface area contributed by atoms with E-state index < -0.39 is 5.91 Å². The van der Waals surface area contributed by atoms with Crippen LogP contribution in [-0.4, -0.2) is 12.2 Å². The number of carbonyl (C=O) groups excluding carboxylic acids is 2. The molecule has 0 heterocycles. The molecule has 0 saturated heterocycles. The largest absolute Gasteiger partial charge is 0.320 e. The van der Waals surface area contributed by atoms with Crippen molar-refractivity contribution in [3.63, 3.8) is 0 Å². The second-order valence-corrected chi connectivity index (χ2v) is 2.55. The predicted octanol–water partition coefficient (Wildman–Crippen LogP) is 1.48. The third-order valence-electron chi connectivity index (χ3n) is 1.20. The number of benzene rings is 1. The summed E-state index contributed by atoms with van der Waals surface area (Å²) in [6.07, 6.45) is 0.209. The first-order chi connectivity index (χ1) is 5.72. The molecular weight excluding hydrogens is 178 g/mol. The molecule has 4 heteroatoms. The molecule has 0 saturated carbocycles. The number of aldehydes is 1. The molecule has 3 nitrogen and oxygen atoms in total. The van der Waals surface area contributed by atoms with Crippen LogP contribution in [0.2, 0.25) is 5.02 Å². The third kappa shape index (κ3) is 2.36. The van der Waals surface area contributed by atoms with Crippen molar-refractivity contribution in [3.8, 4) is 0 Å². The van der Waals surface area contributed by atoms with Crippen molar-refractivity contribution < 1.29 is 9.59 Å². The average Bonchev–Trinajstić information content (AvgIpc) is 2.04. The van der Waals surface area contributed by atoms with Gasteiger partial charge in [0.25, 0.3) is 5.91 Å². The minimum absolute atomic E-state index is 0.209. The van der Waals surface area contributed by atoms with Gasteiger partial charge in [0.05, 0.1) is 0 Å². The van der Waals surface area contributed by atoms with E-state index in [9.17, 15) is 9.59 Å². The number of anilines is 1. The molecule has 0 bridgehead atoms. The number of rotatable bonds is 2. The second kappa shape index (κ2) is 3.88. The van der Waals surface area contributed by atoms with Crippen LogP contribution in [-0.2, 0) is 9.59 Å². The number of hydrogen-bond acceptors (Lipinski definition) is 2. The van der Waals surface area contributed by atoms with E-state index in [1.165, 1.54) is 0 Å². The van der Waals surface area contributed by atoms with E-state index in [0.29, 0.717) is 10.7 Å². The summed E-state index contributed by atoms with van der Waals surface area (Å²) in [6, 6.07) is 6.57. The number of amides is 1. The van der Waals surface area contributed by atoms with Gasteiger partial charge in [-0.2, -0.15) is 0 Å². The highest BCUT2D eigenvalue weighted by molar-refractivity contribution is 6.32. The molecule has 0 aromatic heterocycles. The van der Waals surface area contributed by atoms with E-state index in [-0.39, 0.29) is 6.29 Å². The van der Waals surface area contributed by atoms with Crippen LogP contribution < -0.4 is 5.32 Å². The Morgan fingerprint density at radius 1 is 1.50 bits per heavy atom. The highest BCUT2D eigenvalue weighted by Gasteiger charge is 1.98. The van der Waals surface area contributed by atoms with E-state index in [1.54, 1.807) is 24.3 Å². The van der Waals surface area contributed by atoms with Crippen LogP contribution in [0.15, 0.2) is 24.3 Å². The molecule has 1 amide bonds. The lowest BCUT2D eigenvalue weighted by atomic mass is 10.3. The summed E-state index contributed by atoms with van der Waals surface area (Å²) < 4.78 is 0. The average molecular weight is 184 g/mol. The SMILES string of the molecule is O=CC(=O)Nc1cccc(Cl)c1. The zero-order valence-electron chi connectivity index (χ0n) is 6.08. The zero-order chi connectivity index (χ0) is 8.97. The molecule has 62 valence electrons. The van der Waals surface area contributed by atoms with E-state index in [4.69, 9.17) is 11.6 Å². The molecule has 1 rings (SSSR count). The van der Waals surface area contributed by atoms with Gasteiger partial charge >= 0.3 is 0 Å². The van der Waals surface area contributed by atoms with Crippen LogP contribution in [0.25, 0.3) is 0 Å². The van der Waals surface area contributed by atoms with Gasteiger partial charge in [-0.15, -0.1) is 0 Å². The maximum atomic E-state index is 10.6. The minimum Gasteiger partial charge on any atom is -0.320 e. The molecule has 1 aromatic carbocycles. The molecule has 1 aromatic rings. The van der Waals surface area contributed by atoms with E-state index in [1.807, 2.05) is 0 Å². The number of carbonyl (C=O) groups is 2. The van der Waals surface area contributed by atoms with E-state index in [2.05, 4.69) is 5.32 Å². The Hall–Kier alpha value is -1.35. The number of halogens is 1. The molecule has 1 N–H and O–H groups in total. The maximum Gasteiger partial charge on any atom is 0.288 e. The summed E-state index contributed by atoms with van der Waals surface area (Å²) >= 11 is 5.63. The molecule has 12 heavy (non-hydrogen) atoms. The van der Waals surface area contributed by atoms with Crippen LogP contribution in [0.4, 0.5) is 5.69 Å². The topological polar surface area (TPSA) is 46.2 Å². The fourth-order valence-corrected chi connectivity index (χ4v) is 0.928. The van der Waals surface area contributed by atoms with Gasteiger partial charge in [0.15, 0.2) is 0 Å². The van der Waals surface area contributed by atoms with Crippen molar-refractivity contribution in [1.29, 1.82) is 0 Å². The molecule has 0 atom stereocenters. The van der Waals surface area contributed by atoms with Crippen molar-refractivity contribution in [1.82, 2.24) is 0 Å². The molecule has 0 aliphatic carbocycles. The molecule has 0 radical (unpaired) electrons. The Morgan fingerprint density at radius 3 is 2.83 bits per heavy atom. The number of hydrogen-bond donors (Lipinski definition) is 1. The second-order valence-electron chi connectivity index (χ2n) is 2.12. The van der Waals surface area contributed by atoms with Gasteiger partial charge in [-0.3, -0.25) is 9.59 Å². The summed E-state index contributed by atoms with van der Waals surface area (Å²) in [5, 5.41) is 2.85. The van der Waals surface area contributed by atoms with E-state index in [0.717, 1.165) is 0 Å². The molecule has 0 spiro atoms. The fraction of sp³-hybridized carbons (Fsp3) is 0. The lowest BCUT2D eigenvalue weighted by Gasteiger charge is -1.99. The normalized spacial score (nSPS) is 9.08. The van der Waals surface area contributed by atoms with Crippen LogP contribution >= 0.6 is 11.6 Å². The first-order valence-corrected chi connectivity index (χ1v) is 3.62. The first kappa shape index (κ1) is 8.74. The zero-order valence-corrected chi connectivity index (χ0v) is 6.84. The van der Waals surface area contributed by atoms with Crippen LogP contribution in [0.1, 0.15) is 0 Å². The van der Waals surface area contributed by atoms with Gasteiger partial charge in [0, 0.05) is 10.7 Å². The van der Waals surface area contributed by atoms with Crippen LogP contribution in [0.3, 0.4) is 0 Å². The lowest BCUT2D eigenvalue weighted by Crippen LogP contribution is -2.11. The van der Waals surface area contributed by atoms with Gasteiger partial charge in [-0.05, 0) is 18.2 Å². The fourth-order valence-electron chi connectivity index (χ4n) is 0.738. The first-order valence-electron chi connectivity index (χ1n) is 3.24. The monoisotopic (exact) mass is 183 g/mol. The van der Waals surface area contributed by atoms with Crippen molar-refractivity contribution in [2.75, 3.05) is 5.32 Å². The number of nitrogens with one attached hydrogen (secondary N) is 1. The maximum absolute atomic E-state index is 10.6. The molecule has 0 aliphatic rings. The van der Waals surface area contributed by atoms with Crippen molar-refractivity contribution in [2.45, 2.75) is 0 Å². The van der Waals surface area contributed by atoms with Crippen molar-refractivity contribution >= 4 is 29.5 Å². The summed E-state index contributed by atoms with van der Waals surface area (Å²) in [5.41, 5.74) is 0.514. The highest BCUT2D eigenvalue weighted by Crippen LogP contribution is 2.14. The molecular formula is C8H6ClNO2. The molecule has 0 unspecified atom stereocenters. The Morgan fingerprint density at radius 2 is 2.25 bits per heavy atom. The highest BCUT2D eigenvalue weighted by atomic mass is 35.5. The summed E-state index contributed by atoms with van der Waals surface area (Å²) in [4.78, 5) is 20.5. The van der Waals surface area contributed by atoms with E-state index >= 15 is 0 Å². The third-order valence-corrected chi connectivity index (χ3v) is 1.43. The van der Waals surface area contributed by atoms with Gasteiger partial charge < -0.3 is 5.32 Å². The van der Waals surface area contributed by atoms with Gasteiger partial charge in [0.1, 0.15) is 0 Å². The van der Waals surface area contributed by atoms with Crippen molar-refractivity contribution in [2.24, 2.45) is 0 Å². The minimum atomic E-state index is -0.683. The Kier molecular flexibility index (Phi) is 2.82.